The van der Waals surface area contributed by atoms with Crippen LogP contribution in [0.1, 0.15) is 22.5 Å². The van der Waals surface area contributed by atoms with Gasteiger partial charge in [-0.1, -0.05) is 0 Å². The van der Waals surface area contributed by atoms with E-state index in [1.54, 1.807) is 32.0 Å². The van der Waals surface area contributed by atoms with Crippen molar-refractivity contribution in [3.63, 3.8) is 0 Å². The third-order valence-corrected chi connectivity index (χ3v) is 4.18. The first-order chi connectivity index (χ1) is 14.1. The van der Waals surface area contributed by atoms with Gasteiger partial charge in [-0.2, -0.15) is 23.1 Å². The van der Waals surface area contributed by atoms with Crippen LogP contribution in [0.15, 0.2) is 42.5 Å². The summed E-state index contributed by atoms with van der Waals surface area (Å²) in [6, 6.07) is 9.49. The quantitative estimate of drug-likeness (QED) is 0.622. The number of benzene rings is 2. The number of ether oxygens (including phenoxy) is 2. The Morgan fingerprint density at radius 2 is 1.77 bits per heavy atom. The maximum absolute atomic E-state index is 12.7. The minimum Gasteiger partial charge on any atom is -0.487 e. The highest BCUT2D eigenvalue weighted by Crippen LogP contribution is 2.29. The van der Waals surface area contributed by atoms with E-state index in [1.807, 2.05) is 0 Å². The molecular weight excluding hydrogens is 403 g/mol. The second-order valence-electron chi connectivity index (χ2n) is 6.46. The van der Waals surface area contributed by atoms with Gasteiger partial charge in [0.1, 0.15) is 23.8 Å². The van der Waals surface area contributed by atoms with Crippen LogP contribution in [0.5, 0.6) is 11.5 Å². The minimum absolute atomic E-state index is 0.0985. The molecular formula is C20H18F3N3O4. The highest BCUT2D eigenvalue weighted by atomic mass is 19.4. The Kier molecular flexibility index (Phi) is 5.95. The maximum Gasteiger partial charge on any atom is 0.416 e. The van der Waals surface area contributed by atoms with Crippen LogP contribution in [0.25, 0.3) is 5.69 Å². The molecule has 2 aromatic carbocycles. The van der Waals surface area contributed by atoms with Crippen LogP contribution >= 0.6 is 0 Å². The summed E-state index contributed by atoms with van der Waals surface area (Å²) < 4.78 is 49.0. The molecule has 0 fully saturated rings. The van der Waals surface area contributed by atoms with Crippen molar-refractivity contribution in [3.05, 3.63) is 65.0 Å². The molecule has 0 radical (unpaired) electrons. The topological polar surface area (TPSA) is 86.5 Å². The fraction of sp³-hybridized carbons (Fsp3) is 0.250. The van der Waals surface area contributed by atoms with Crippen molar-refractivity contribution >= 4 is 5.97 Å². The van der Waals surface area contributed by atoms with Crippen LogP contribution in [0.4, 0.5) is 13.2 Å². The van der Waals surface area contributed by atoms with Crippen molar-refractivity contribution in [2.24, 2.45) is 0 Å². The molecule has 0 aliphatic rings. The lowest BCUT2D eigenvalue weighted by Crippen LogP contribution is -2.10. The SMILES string of the molecule is Cc1cc(OCc2nn(-c3ccc(C(F)(F)F)cc3)nc2C)ccc1OCC(=O)O. The highest BCUT2D eigenvalue weighted by molar-refractivity contribution is 5.68. The first-order valence-electron chi connectivity index (χ1n) is 8.82. The standard InChI is InChI=1S/C20H18F3N3O4/c1-12-9-16(7-8-18(12)30-11-19(27)28)29-10-17-13(2)24-26(25-17)15-5-3-14(4-6-15)20(21,22)23/h3-9H,10-11H2,1-2H3,(H,27,28). The lowest BCUT2D eigenvalue weighted by atomic mass is 10.2. The van der Waals surface area contributed by atoms with E-state index in [0.717, 1.165) is 12.1 Å². The van der Waals surface area contributed by atoms with E-state index >= 15 is 0 Å². The summed E-state index contributed by atoms with van der Waals surface area (Å²) in [5.41, 5.74) is 1.46. The Hall–Kier alpha value is -3.56. The Balaban J connectivity index is 1.68. The van der Waals surface area contributed by atoms with E-state index < -0.39 is 24.3 Å². The number of nitrogens with zero attached hydrogens (tertiary/aromatic N) is 3. The van der Waals surface area contributed by atoms with Gasteiger partial charge in [-0.15, -0.1) is 5.10 Å². The van der Waals surface area contributed by atoms with E-state index in [2.05, 4.69) is 10.2 Å². The smallest absolute Gasteiger partial charge is 0.416 e. The third-order valence-electron chi connectivity index (χ3n) is 4.18. The molecule has 7 nitrogen and oxygen atoms in total. The van der Waals surface area contributed by atoms with Gasteiger partial charge in [0, 0.05) is 0 Å². The summed E-state index contributed by atoms with van der Waals surface area (Å²) in [6.45, 7) is 3.14. The lowest BCUT2D eigenvalue weighted by Gasteiger charge is -2.10. The van der Waals surface area contributed by atoms with Gasteiger partial charge in [0.2, 0.25) is 0 Å². The first kappa shape index (κ1) is 21.2. The maximum atomic E-state index is 12.7. The molecule has 1 N–H and O–H groups in total. The Morgan fingerprint density at radius 1 is 1.07 bits per heavy atom. The number of hydrogen-bond acceptors (Lipinski definition) is 5. The van der Waals surface area contributed by atoms with Crippen LogP contribution < -0.4 is 9.47 Å². The molecule has 0 aliphatic heterocycles. The normalized spacial score (nSPS) is 11.4. The summed E-state index contributed by atoms with van der Waals surface area (Å²) in [5.74, 6) is -0.103. The summed E-state index contributed by atoms with van der Waals surface area (Å²) in [5, 5.41) is 17.2. The predicted octanol–water partition coefficient (Wildman–Crippen LogP) is 3.95. The zero-order chi connectivity index (χ0) is 21.9. The van der Waals surface area contributed by atoms with Crippen LogP contribution in [0, 0.1) is 13.8 Å². The van der Waals surface area contributed by atoms with Gasteiger partial charge in [-0.25, -0.2) is 4.79 Å². The first-order valence-corrected chi connectivity index (χ1v) is 8.82. The molecule has 0 unspecified atom stereocenters. The highest BCUT2D eigenvalue weighted by Gasteiger charge is 2.30. The second-order valence-corrected chi connectivity index (χ2v) is 6.46. The third kappa shape index (κ3) is 5.07. The average Bonchev–Trinajstić information content (AvgIpc) is 3.05. The van der Waals surface area contributed by atoms with Gasteiger partial charge in [-0.05, 0) is 61.9 Å². The molecule has 1 aromatic heterocycles. The van der Waals surface area contributed by atoms with Crippen LogP contribution in [0.3, 0.4) is 0 Å². The molecule has 0 amide bonds. The molecule has 158 valence electrons. The van der Waals surface area contributed by atoms with Crippen molar-refractivity contribution in [3.8, 4) is 17.2 Å². The van der Waals surface area contributed by atoms with Gasteiger partial charge in [0.25, 0.3) is 0 Å². The second kappa shape index (κ2) is 8.44. The van der Waals surface area contributed by atoms with Crippen molar-refractivity contribution in [2.45, 2.75) is 26.6 Å². The number of aryl methyl sites for hydroxylation is 2. The van der Waals surface area contributed by atoms with Crippen molar-refractivity contribution in [1.29, 1.82) is 0 Å². The molecule has 3 aromatic rings. The molecule has 3 rings (SSSR count). The van der Waals surface area contributed by atoms with E-state index in [9.17, 15) is 18.0 Å². The Labute approximate surface area is 169 Å². The Bertz CT molecular complexity index is 1050. The van der Waals surface area contributed by atoms with Crippen LogP contribution in [0.2, 0.25) is 0 Å². The molecule has 0 bridgehead atoms. The minimum atomic E-state index is -4.41. The molecule has 0 aliphatic carbocycles. The summed E-state index contributed by atoms with van der Waals surface area (Å²) in [4.78, 5) is 11.8. The predicted molar refractivity (Wildman–Crippen MR) is 99.7 cm³/mol. The zero-order valence-electron chi connectivity index (χ0n) is 16.1. The fourth-order valence-corrected chi connectivity index (χ4v) is 2.61. The number of aromatic nitrogens is 3. The van der Waals surface area contributed by atoms with Gasteiger partial charge >= 0.3 is 12.1 Å². The summed E-state index contributed by atoms with van der Waals surface area (Å²) in [6.07, 6.45) is -4.41. The molecule has 30 heavy (non-hydrogen) atoms. The van der Waals surface area contributed by atoms with Crippen molar-refractivity contribution in [2.75, 3.05) is 6.61 Å². The average molecular weight is 421 g/mol. The number of alkyl halides is 3. The number of carboxylic acids is 1. The lowest BCUT2D eigenvalue weighted by molar-refractivity contribution is -0.139. The Morgan fingerprint density at radius 3 is 2.37 bits per heavy atom. The van der Waals surface area contributed by atoms with Gasteiger partial charge in [0.15, 0.2) is 6.61 Å². The van der Waals surface area contributed by atoms with Gasteiger partial charge in [0.05, 0.1) is 16.9 Å². The molecule has 0 atom stereocenters. The number of aliphatic carboxylic acids is 1. The monoisotopic (exact) mass is 421 g/mol. The summed E-state index contributed by atoms with van der Waals surface area (Å²) in [7, 11) is 0. The van der Waals surface area contributed by atoms with Gasteiger partial charge in [-0.3, -0.25) is 0 Å². The molecule has 10 heteroatoms. The number of hydrogen-bond donors (Lipinski definition) is 1. The van der Waals surface area contributed by atoms with E-state index in [-0.39, 0.29) is 6.61 Å². The molecule has 0 spiro atoms. The number of carboxylic acid groups (broad SMARTS) is 1. The van der Waals surface area contributed by atoms with E-state index in [1.165, 1.54) is 16.9 Å². The van der Waals surface area contributed by atoms with E-state index in [4.69, 9.17) is 14.6 Å². The number of rotatable bonds is 7. The van der Waals surface area contributed by atoms with Gasteiger partial charge < -0.3 is 14.6 Å². The van der Waals surface area contributed by atoms with Crippen molar-refractivity contribution < 1.29 is 32.5 Å². The van der Waals surface area contributed by atoms with E-state index in [0.29, 0.717) is 34.1 Å². The van der Waals surface area contributed by atoms with Crippen LogP contribution in [-0.2, 0) is 17.6 Å². The summed E-state index contributed by atoms with van der Waals surface area (Å²) >= 11 is 0. The molecule has 0 saturated heterocycles. The number of halogens is 3. The van der Waals surface area contributed by atoms with Crippen LogP contribution in [-0.4, -0.2) is 32.7 Å². The molecule has 0 saturated carbocycles. The number of carbonyl (C=O) groups is 1. The zero-order valence-corrected chi connectivity index (χ0v) is 16.1. The van der Waals surface area contributed by atoms with Crippen molar-refractivity contribution in [1.82, 2.24) is 15.0 Å². The largest absolute Gasteiger partial charge is 0.487 e. The molecule has 1 heterocycles. The fourth-order valence-electron chi connectivity index (χ4n) is 2.61.